The van der Waals surface area contributed by atoms with E-state index in [1.54, 1.807) is 6.92 Å². The summed E-state index contributed by atoms with van der Waals surface area (Å²) in [5, 5.41) is 13.9. The molecule has 3 N–H and O–H groups in total. The number of hydrogen-bond donors (Lipinski definition) is 3. The number of benzene rings is 3. The topological polar surface area (TPSA) is 141 Å². The molecule has 0 fully saturated rings. The second kappa shape index (κ2) is 10.4. The Bertz CT molecular complexity index is 1570. The quantitative estimate of drug-likeness (QED) is 0.229. The Balaban J connectivity index is 1.85. The van der Waals surface area contributed by atoms with Crippen molar-refractivity contribution in [1.82, 2.24) is 20.6 Å². The number of halogens is 4. The largest absolute Gasteiger partial charge is 0.289 e. The second-order valence-corrected chi connectivity index (χ2v) is 11.5. The summed E-state index contributed by atoms with van der Waals surface area (Å²) < 4.78 is 66.3. The molecule has 1 aromatic heterocycles. The number of rotatable bonds is 7. The van der Waals surface area contributed by atoms with E-state index in [-0.39, 0.29) is 47.9 Å². The van der Waals surface area contributed by atoms with Crippen molar-refractivity contribution in [2.75, 3.05) is 9.03 Å². The Morgan fingerprint density at radius 3 is 2.42 bits per heavy atom. The average Bonchev–Trinajstić information content (AvgIpc) is 3.31. The van der Waals surface area contributed by atoms with Crippen LogP contribution < -0.4 is 9.03 Å². The van der Waals surface area contributed by atoms with Crippen molar-refractivity contribution in [3.63, 3.8) is 0 Å². The van der Waals surface area contributed by atoms with Gasteiger partial charge >= 0.3 is 0 Å². The fourth-order valence-corrected chi connectivity index (χ4v) is 6.02. The Kier molecular flexibility index (Phi) is 7.64. The number of aryl methyl sites for hydroxylation is 1. The van der Waals surface area contributed by atoms with Crippen molar-refractivity contribution in [3.8, 4) is 11.4 Å². The first kappa shape index (κ1) is 26.4. The van der Waals surface area contributed by atoms with E-state index in [0.29, 0.717) is 5.56 Å². The maximum Gasteiger partial charge on any atom is 0.266 e. The minimum Gasteiger partial charge on any atom is -0.289 e. The van der Waals surface area contributed by atoms with E-state index in [0.717, 1.165) is 4.31 Å². The first-order valence-corrected chi connectivity index (χ1v) is 13.8. The van der Waals surface area contributed by atoms with Gasteiger partial charge in [-0.2, -0.15) is 5.21 Å². The van der Waals surface area contributed by atoms with Gasteiger partial charge in [-0.3, -0.25) is 9.27 Å². The maximum absolute atomic E-state index is 13.8. The van der Waals surface area contributed by atoms with Crippen LogP contribution in [0.2, 0.25) is 10.0 Å². The number of nitrogens with one attached hydrogen (secondary N) is 2. The minimum absolute atomic E-state index is 0.0313. The van der Waals surface area contributed by atoms with Crippen molar-refractivity contribution in [2.24, 2.45) is 0 Å². The lowest BCUT2D eigenvalue weighted by atomic mass is 10.2. The SMILES string of the molecule is Cc1cc(F)c(Br)cc1NS(=O)(=O)c1ccc(N(c2cc(Cl)cc(Cl)c2)S(=O)O)cc1-c1nn[nH]n1. The van der Waals surface area contributed by atoms with Crippen LogP contribution in [0.1, 0.15) is 5.56 Å². The van der Waals surface area contributed by atoms with Gasteiger partial charge in [0.2, 0.25) is 5.82 Å². The highest BCUT2D eigenvalue weighted by Gasteiger charge is 2.26. The van der Waals surface area contributed by atoms with Crippen LogP contribution in [0.5, 0.6) is 0 Å². The van der Waals surface area contributed by atoms with E-state index in [1.165, 1.54) is 48.5 Å². The Morgan fingerprint density at radius 1 is 1.11 bits per heavy atom. The molecule has 3 aromatic carbocycles. The predicted molar refractivity (Wildman–Crippen MR) is 139 cm³/mol. The smallest absolute Gasteiger partial charge is 0.266 e. The Labute approximate surface area is 225 Å². The normalized spacial score (nSPS) is 12.4. The van der Waals surface area contributed by atoms with Crippen molar-refractivity contribution < 1.29 is 21.6 Å². The van der Waals surface area contributed by atoms with E-state index in [1.807, 2.05) is 0 Å². The van der Waals surface area contributed by atoms with Crippen LogP contribution in [-0.2, 0) is 21.3 Å². The third-order valence-corrected chi connectivity index (χ3v) is 8.02. The first-order chi connectivity index (χ1) is 17.0. The molecule has 4 aromatic rings. The van der Waals surface area contributed by atoms with Gasteiger partial charge in [0.15, 0.2) is 0 Å². The predicted octanol–water partition coefficient (Wildman–Crippen LogP) is 5.46. The molecule has 0 bridgehead atoms. The van der Waals surface area contributed by atoms with Crippen LogP contribution in [0.15, 0.2) is 57.9 Å². The zero-order valence-electron chi connectivity index (χ0n) is 17.9. The van der Waals surface area contributed by atoms with Gasteiger partial charge in [0.25, 0.3) is 21.3 Å². The van der Waals surface area contributed by atoms with E-state index < -0.39 is 27.1 Å². The molecule has 0 aliphatic heterocycles. The molecule has 0 aliphatic rings. The summed E-state index contributed by atoms with van der Waals surface area (Å²) in [6.45, 7) is 1.54. The third-order valence-electron chi connectivity index (χ3n) is 4.82. The number of sulfonamides is 1. The molecule has 4 rings (SSSR count). The highest BCUT2D eigenvalue weighted by molar-refractivity contribution is 9.10. The third kappa shape index (κ3) is 5.53. The van der Waals surface area contributed by atoms with E-state index in [4.69, 9.17) is 23.2 Å². The number of anilines is 3. The zero-order valence-corrected chi connectivity index (χ0v) is 22.6. The van der Waals surface area contributed by atoms with Crippen LogP contribution >= 0.6 is 39.1 Å². The van der Waals surface area contributed by atoms with Gasteiger partial charge in [-0.05, 0) is 82.2 Å². The summed E-state index contributed by atoms with van der Waals surface area (Å²) in [7, 11) is -4.28. The molecule has 36 heavy (non-hydrogen) atoms. The average molecular weight is 636 g/mol. The lowest BCUT2D eigenvalue weighted by Crippen LogP contribution is -2.20. The summed E-state index contributed by atoms with van der Waals surface area (Å²) in [4.78, 5) is -0.264. The van der Waals surface area contributed by atoms with Crippen LogP contribution in [0.3, 0.4) is 0 Å². The van der Waals surface area contributed by atoms with Gasteiger partial charge in [-0.15, -0.1) is 10.2 Å². The van der Waals surface area contributed by atoms with Gasteiger partial charge in [-0.1, -0.05) is 23.2 Å². The summed E-state index contributed by atoms with van der Waals surface area (Å²) in [6, 6.07) is 10.6. The van der Waals surface area contributed by atoms with Crippen LogP contribution in [-0.4, -0.2) is 37.8 Å². The Morgan fingerprint density at radius 2 is 1.81 bits per heavy atom. The van der Waals surface area contributed by atoms with Crippen molar-refractivity contribution in [1.29, 1.82) is 0 Å². The lowest BCUT2D eigenvalue weighted by Gasteiger charge is -2.22. The summed E-state index contributed by atoms with van der Waals surface area (Å²) in [5.74, 6) is -0.646. The van der Waals surface area contributed by atoms with Crippen LogP contribution in [0.4, 0.5) is 21.5 Å². The van der Waals surface area contributed by atoms with Crippen molar-refractivity contribution in [3.05, 3.63) is 74.4 Å². The molecule has 1 heterocycles. The molecule has 16 heteroatoms. The molecule has 0 saturated carbocycles. The van der Waals surface area contributed by atoms with Crippen LogP contribution in [0, 0.1) is 12.7 Å². The standard InChI is InChI=1S/C20H14BrCl2FN6O4S2/c1-10-4-17(24)16(21)9-18(10)27-36(33,34)19-3-2-13(8-15(19)20-25-28-29-26-20)30(35(31)32)14-6-11(22)5-12(23)7-14/h2-9,27H,1H3,(H,31,32)(H,25,26,28,29). The highest BCUT2D eigenvalue weighted by Crippen LogP contribution is 2.36. The number of tetrazole rings is 1. The number of nitrogens with zero attached hydrogens (tertiary/aromatic N) is 4. The first-order valence-electron chi connectivity index (χ1n) is 9.70. The molecule has 1 unspecified atom stereocenters. The molecule has 0 spiro atoms. The molecular weight excluding hydrogens is 622 g/mol. The van der Waals surface area contributed by atoms with Gasteiger partial charge < -0.3 is 0 Å². The number of hydrogen-bond acceptors (Lipinski definition) is 6. The Hall–Kier alpha value is -2.62. The number of aromatic amines is 1. The molecule has 1 atom stereocenters. The molecule has 0 radical (unpaired) electrons. The monoisotopic (exact) mass is 634 g/mol. The number of aromatic nitrogens is 4. The fraction of sp³-hybridized carbons (Fsp3) is 0.0500. The van der Waals surface area contributed by atoms with Gasteiger partial charge in [0, 0.05) is 15.6 Å². The molecule has 0 saturated heterocycles. The van der Waals surface area contributed by atoms with Crippen molar-refractivity contribution >= 4 is 77.5 Å². The molecular formula is C20H14BrCl2FN6O4S2. The minimum atomic E-state index is -4.28. The van der Waals surface area contributed by atoms with E-state index in [2.05, 4.69) is 41.3 Å². The molecule has 188 valence electrons. The summed E-state index contributed by atoms with van der Waals surface area (Å²) in [5.41, 5.74) is 0.729. The summed E-state index contributed by atoms with van der Waals surface area (Å²) in [6.07, 6.45) is 0. The molecule has 0 aliphatic carbocycles. The fourth-order valence-electron chi connectivity index (χ4n) is 3.27. The zero-order chi connectivity index (χ0) is 26.2. The highest BCUT2D eigenvalue weighted by atomic mass is 79.9. The van der Waals surface area contributed by atoms with Gasteiger partial charge in [-0.25, -0.2) is 21.3 Å². The second-order valence-electron chi connectivity index (χ2n) is 7.26. The number of H-pyrrole nitrogens is 1. The maximum atomic E-state index is 13.8. The van der Waals surface area contributed by atoms with Crippen LogP contribution in [0.25, 0.3) is 11.4 Å². The molecule has 10 nitrogen and oxygen atoms in total. The van der Waals surface area contributed by atoms with Gasteiger partial charge in [0.05, 0.1) is 26.4 Å². The van der Waals surface area contributed by atoms with E-state index >= 15 is 0 Å². The van der Waals surface area contributed by atoms with E-state index in [9.17, 15) is 21.6 Å². The summed E-state index contributed by atoms with van der Waals surface area (Å²) >= 11 is 12.6. The molecule has 0 amide bonds. The lowest BCUT2D eigenvalue weighted by molar-refractivity contribution is 0.564. The van der Waals surface area contributed by atoms with Crippen molar-refractivity contribution in [2.45, 2.75) is 11.8 Å². The van der Waals surface area contributed by atoms with Gasteiger partial charge in [0.1, 0.15) is 5.82 Å².